The Morgan fingerprint density at radius 3 is 2.81 bits per heavy atom. The molecule has 0 bridgehead atoms. The third kappa shape index (κ3) is 2.22. The van der Waals surface area contributed by atoms with E-state index in [1.165, 1.54) is 14.0 Å². The van der Waals surface area contributed by atoms with Crippen LogP contribution in [0.4, 0.5) is 0 Å². The summed E-state index contributed by atoms with van der Waals surface area (Å²) in [6.07, 6.45) is -0.226. The first kappa shape index (κ1) is 16.3. The topological polar surface area (TPSA) is 101 Å². The molecule has 0 radical (unpaired) electrons. The van der Waals surface area contributed by atoms with E-state index in [4.69, 9.17) is 23.4 Å². The average Bonchev–Trinajstić information content (AvgIpc) is 3.26. The molecule has 140 valence electrons. The van der Waals surface area contributed by atoms with E-state index < -0.39 is 24.2 Å². The van der Waals surface area contributed by atoms with Crippen molar-refractivity contribution in [3.05, 3.63) is 33.2 Å². The number of esters is 1. The lowest BCUT2D eigenvalue weighted by molar-refractivity contribution is -0.188. The standard InChI is InChI=1S/C19H16O8/c1-7(20)24-13-5-9-16-12(25-19(9)26-13)6-11(23-2)15-8-3-4-10(21)14(8)18(22)27-17(15)16/h6,9,13,19H,3-5H2,1-2H3. The Bertz CT molecular complexity index is 1070. The van der Waals surface area contributed by atoms with Crippen LogP contribution < -0.4 is 15.1 Å². The largest absolute Gasteiger partial charge is 0.496 e. The van der Waals surface area contributed by atoms with Gasteiger partial charge in [0.2, 0.25) is 12.6 Å². The van der Waals surface area contributed by atoms with Crippen molar-refractivity contribution in [2.45, 2.75) is 44.7 Å². The molecule has 2 aliphatic heterocycles. The predicted molar refractivity (Wildman–Crippen MR) is 90.1 cm³/mol. The maximum atomic E-state index is 12.5. The van der Waals surface area contributed by atoms with Crippen molar-refractivity contribution in [1.29, 1.82) is 0 Å². The van der Waals surface area contributed by atoms with Crippen molar-refractivity contribution >= 4 is 22.7 Å². The molecular formula is C19H16O8. The maximum absolute atomic E-state index is 12.5. The van der Waals surface area contributed by atoms with Crippen LogP contribution in [0.1, 0.15) is 47.2 Å². The fourth-order valence-corrected chi connectivity index (χ4v) is 4.28. The van der Waals surface area contributed by atoms with Gasteiger partial charge in [0.05, 0.1) is 18.4 Å². The molecule has 27 heavy (non-hydrogen) atoms. The highest BCUT2D eigenvalue weighted by molar-refractivity contribution is 6.06. The van der Waals surface area contributed by atoms with Gasteiger partial charge in [0, 0.05) is 31.4 Å². The van der Waals surface area contributed by atoms with E-state index >= 15 is 0 Å². The summed E-state index contributed by atoms with van der Waals surface area (Å²) in [6, 6.07) is 1.73. The molecule has 0 amide bonds. The zero-order chi connectivity index (χ0) is 18.9. The number of carbonyl (C=O) groups excluding carboxylic acids is 2. The smallest absolute Gasteiger partial charge is 0.347 e. The summed E-state index contributed by atoms with van der Waals surface area (Å²) in [5, 5.41) is 0.622. The van der Waals surface area contributed by atoms with E-state index in [9.17, 15) is 14.4 Å². The average molecular weight is 372 g/mol. The summed E-state index contributed by atoms with van der Waals surface area (Å²) < 4.78 is 27.7. The van der Waals surface area contributed by atoms with E-state index in [-0.39, 0.29) is 23.7 Å². The lowest BCUT2D eigenvalue weighted by Gasteiger charge is -2.15. The number of benzene rings is 1. The van der Waals surface area contributed by atoms with Crippen LogP contribution in [0, 0.1) is 0 Å². The predicted octanol–water partition coefficient (Wildman–Crippen LogP) is 2.04. The van der Waals surface area contributed by atoms with Gasteiger partial charge in [-0.25, -0.2) is 4.79 Å². The molecule has 0 N–H and O–H groups in total. The quantitative estimate of drug-likeness (QED) is 0.583. The van der Waals surface area contributed by atoms with Crippen molar-refractivity contribution in [3.8, 4) is 11.5 Å². The van der Waals surface area contributed by atoms with Gasteiger partial charge in [0.25, 0.3) is 0 Å². The Balaban J connectivity index is 1.72. The minimum Gasteiger partial charge on any atom is -0.496 e. The van der Waals surface area contributed by atoms with Crippen LogP contribution in [0.2, 0.25) is 0 Å². The molecule has 1 saturated heterocycles. The summed E-state index contributed by atoms with van der Waals surface area (Å²) in [7, 11) is 1.51. The molecule has 1 aliphatic carbocycles. The highest BCUT2D eigenvalue weighted by Gasteiger charge is 2.48. The van der Waals surface area contributed by atoms with Crippen LogP contribution in [0.15, 0.2) is 15.3 Å². The number of ether oxygens (including phenoxy) is 4. The molecular weight excluding hydrogens is 356 g/mol. The third-order valence-electron chi connectivity index (χ3n) is 5.32. The summed E-state index contributed by atoms with van der Waals surface area (Å²) in [5.74, 6) is 0.0770. The van der Waals surface area contributed by atoms with E-state index in [0.29, 0.717) is 46.4 Å². The van der Waals surface area contributed by atoms with Gasteiger partial charge in [-0.2, -0.15) is 0 Å². The molecule has 0 spiro atoms. The monoisotopic (exact) mass is 372 g/mol. The molecule has 2 aromatic rings. The SMILES string of the molecule is COc1cc2c(c3oc(=O)c4c(c13)CCC4=O)C1CC(OC(C)=O)OC1O2. The van der Waals surface area contributed by atoms with Gasteiger partial charge < -0.3 is 23.4 Å². The zero-order valence-corrected chi connectivity index (χ0v) is 14.7. The first-order valence-electron chi connectivity index (χ1n) is 8.71. The number of rotatable bonds is 2. The lowest BCUT2D eigenvalue weighted by atomic mass is 9.93. The maximum Gasteiger partial charge on any atom is 0.347 e. The van der Waals surface area contributed by atoms with Gasteiger partial charge >= 0.3 is 11.6 Å². The van der Waals surface area contributed by atoms with Crippen LogP contribution >= 0.6 is 0 Å². The molecule has 3 atom stereocenters. The summed E-state index contributed by atoms with van der Waals surface area (Å²) >= 11 is 0. The Hall–Kier alpha value is -2.87. The number of Topliss-reactive ketones (excluding diaryl/α,β-unsaturated/α-hetero) is 1. The Morgan fingerprint density at radius 1 is 1.26 bits per heavy atom. The molecule has 8 nitrogen and oxygen atoms in total. The molecule has 3 unspecified atom stereocenters. The van der Waals surface area contributed by atoms with E-state index in [2.05, 4.69) is 0 Å². The first-order valence-corrected chi connectivity index (χ1v) is 8.71. The van der Waals surface area contributed by atoms with Crippen molar-refractivity contribution in [2.24, 2.45) is 0 Å². The van der Waals surface area contributed by atoms with Gasteiger partial charge in [0.1, 0.15) is 22.6 Å². The minimum absolute atomic E-state index is 0.108. The van der Waals surface area contributed by atoms with Crippen LogP contribution in [0.3, 0.4) is 0 Å². The van der Waals surface area contributed by atoms with Gasteiger partial charge in [-0.3, -0.25) is 9.59 Å². The molecule has 1 aromatic heterocycles. The minimum atomic E-state index is -0.717. The number of aryl methyl sites for hydroxylation is 1. The number of hydrogen-bond donors (Lipinski definition) is 0. The normalized spacial score (nSPS) is 25.1. The van der Waals surface area contributed by atoms with Gasteiger partial charge in [-0.1, -0.05) is 0 Å². The fraction of sp³-hybridized carbons (Fsp3) is 0.421. The Morgan fingerprint density at radius 2 is 2.07 bits per heavy atom. The number of fused-ring (bicyclic) bond motifs is 7. The van der Waals surface area contributed by atoms with Crippen LogP contribution in [0.5, 0.6) is 11.5 Å². The zero-order valence-electron chi connectivity index (χ0n) is 14.7. The summed E-state index contributed by atoms with van der Waals surface area (Å²) in [5.41, 5.74) is 1.16. The van der Waals surface area contributed by atoms with Gasteiger partial charge in [0.15, 0.2) is 5.78 Å². The van der Waals surface area contributed by atoms with Crippen LogP contribution in [0.25, 0.3) is 11.0 Å². The summed E-state index contributed by atoms with van der Waals surface area (Å²) in [4.78, 5) is 35.8. The molecule has 1 aromatic carbocycles. The molecule has 8 heteroatoms. The molecule has 5 rings (SSSR count). The van der Waals surface area contributed by atoms with Crippen LogP contribution in [-0.2, 0) is 20.7 Å². The van der Waals surface area contributed by atoms with Crippen molar-refractivity contribution in [1.82, 2.24) is 0 Å². The van der Waals surface area contributed by atoms with E-state index in [1.807, 2.05) is 0 Å². The number of hydrogen-bond acceptors (Lipinski definition) is 8. The van der Waals surface area contributed by atoms with E-state index in [0.717, 1.165) is 0 Å². The second-order valence-electron chi connectivity index (χ2n) is 6.86. The summed E-state index contributed by atoms with van der Waals surface area (Å²) in [6.45, 7) is 1.31. The molecule has 3 aliphatic rings. The number of ketones is 1. The fourth-order valence-electron chi connectivity index (χ4n) is 4.28. The van der Waals surface area contributed by atoms with Crippen LogP contribution in [-0.4, -0.2) is 31.4 Å². The molecule has 1 fully saturated rings. The van der Waals surface area contributed by atoms with Crippen molar-refractivity contribution < 1.29 is 33.0 Å². The van der Waals surface area contributed by atoms with Gasteiger partial charge in [-0.15, -0.1) is 0 Å². The number of carbonyl (C=O) groups is 2. The van der Waals surface area contributed by atoms with E-state index in [1.54, 1.807) is 6.07 Å². The first-order chi connectivity index (χ1) is 13.0. The van der Waals surface area contributed by atoms with Crippen molar-refractivity contribution in [3.63, 3.8) is 0 Å². The number of methoxy groups -OCH3 is 1. The Labute approximate surface area is 152 Å². The third-order valence-corrected chi connectivity index (χ3v) is 5.32. The Kier molecular flexibility index (Phi) is 3.36. The highest BCUT2D eigenvalue weighted by atomic mass is 16.8. The second-order valence-corrected chi connectivity index (χ2v) is 6.86. The second kappa shape index (κ2) is 5.56. The molecule has 3 heterocycles. The molecule has 0 saturated carbocycles. The van der Waals surface area contributed by atoms with Crippen molar-refractivity contribution in [2.75, 3.05) is 7.11 Å². The highest BCUT2D eigenvalue weighted by Crippen LogP contribution is 2.52. The lowest BCUT2D eigenvalue weighted by Crippen LogP contribution is -2.19. The van der Waals surface area contributed by atoms with Gasteiger partial charge in [-0.05, 0) is 12.0 Å².